The first-order valence-electron chi connectivity index (χ1n) is 13.0. The summed E-state index contributed by atoms with van der Waals surface area (Å²) in [5.74, 6) is 5.70. The van der Waals surface area contributed by atoms with Gasteiger partial charge in [-0.3, -0.25) is 4.99 Å². The standard InChI is InChI=1S/C28H47N/c1-19(2)8-7-9-20(3)24-12-13-25-23-11-10-21-18-22(29-6)14-16-27(21,4)26(23)15-17-28(24,25)5/h18-20,23-26H,7-17H2,1-6H3/b29-22+/t20-,23+,24-,25+,26+,27+,28-/m1/s1. The van der Waals surface area contributed by atoms with Gasteiger partial charge in [0.2, 0.25) is 0 Å². The van der Waals surface area contributed by atoms with Crippen LogP contribution in [-0.4, -0.2) is 12.8 Å². The molecule has 3 saturated carbocycles. The number of hydrogen-bond acceptors (Lipinski definition) is 1. The van der Waals surface area contributed by atoms with Crippen molar-refractivity contribution < 1.29 is 0 Å². The van der Waals surface area contributed by atoms with E-state index in [-0.39, 0.29) is 0 Å². The molecular weight excluding hydrogens is 350 g/mol. The Kier molecular flexibility index (Phi) is 6.09. The third kappa shape index (κ3) is 3.67. The summed E-state index contributed by atoms with van der Waals surface area (Å²) in [6.07, 6.45) is 18.2. The first-order valence-corrected chi connectivity index (χ1v) is 13.0. The second-order valence-corrected chi connectivity index (χ2v) is 12.2. The van der Waals surface area contributed by atoms with Crippen molar-refractivity contribution in [3.8, 4) is 0 Å². The molecule has 0 amide bonds. The van der Waals surface area contributed by atoms with Gasteiger partial charge in [0, 0.05) is 12.8 Å². The molecule has 4 aliphatic carbocycles. The molecule has 1 heteroatoms. The van der Waals surface area contributed by atoms with Crippen LogP contribution in [0.5, 0.6) is 0 Å². The third-order valence-corrected chi connectivity index (χ3v) is 10.5. The lowest BCUT2D eigenvalue weighted by atomic mass is 9.46. The number of rotatable bonds is 5. The number of allylic oxidation sites excluding steroid dienone is 2. The van der Waals surface area contributed by atoms with E-state index in [1.807, 2.05) is 7.05 Å². The van der Waals surface area contributed by atoms with E-state index in [4.69, 9.17) is 0 Å². The maximum atomic E-state index is 4.54. The number of aliphatic imine (C=N–C) groups is 1. The summed E-state index contributed by atoms with van der Waals surface area (Å²) >= 11 is 0. The second-order valence-electron chi connectivity index (χ2n) is 12.2. The lowest BCUT2D eigenvalue weighted by molar-refractivity contribution is -0.0573. The van der Waals surface area contributed by atoms with Gasteiger partial charge < -0.3 is 0 Å². The quantitative estimate of drug-likeness (QED) is 0.444. The van der Waals surface area contributed by atoms with Crippen molar-refractivity contribution in [1.29, 1.82) is 0 Å². The van der Waals surface area contributed by atoms with Gasteiger partial charge in [-0.25, -0.2) is 0 Å². The number of hydrogen-bond donors (Lipinski definition) is 0. The van der Waals surface area contributed by atoms with Gasteiger partial charge in [0.15, 0.2) is 0 Å². The largest absolute Gasteiger partial charge is 0.293 e. The predicted octanol–water partition coefficient (Wildman–Crippen LogP) is 8.10. The van der Waals surface area contributed by atoms with Crippen molar-refractivity contribution in [2.45, 2.75) is 105 Å². The molecule has 4 rings (SSSR count). The van der Waals surface area contributed by atoms with E-state index >= 15 is 0 Å². The fourth-order valence-corrected chi connectivity index (χ4v) is 8.77. The van der Waals surface area contributed by atoms with Crippen LogP contribution in [0.4, 0.5) is 0 Å². The maximum absolute atomic E-state index is 4.54. The Morgan fingerprint density at radius 1 is 0.966 bits per heavy atom. The van der Waals surface area contributed by atoms with Crippen molar-refractivity contribution in [3.05, 3.63) is 11.6 Å². The molecule has 0 aromatic carbocycles. The van der Waals surface area contributed by atoms with Gasteiger partial charge in [-0.2, -0.15) is 0 Å². The Labute approximate surface area is 181 Å². The first kappa shape index (κ1) is 21.6. The first-order chi connectivity index (χ1) is 13.8. The zero-order chi connectivity index (χ0) is 20.8. The van der Waals surface area contributed by atoms with E-state index in [1.54, 1.807) is 5.57 Å². The van der Waals surface area contributed by atoms with Gasteiger partial charge in [0.1, 0.15) is 0 Å². The lowest BCUT2D eigenvalue weighted by Gasteiger charge is -2.58. The van der Waals surface area contributed by atoms with Crippen molar-refractivity contribution >= 4 is 5.71 Å². The number of fused-ring (bicyclic) bond motifs is 5. The highest BCUT2D eigenvalue weighted by atomic mass is 14.7. The van der Waals surface area contributed by atoms with Crippen LogP contribution in [-0.2, 0) is 0 Å². The summed E-state index contributed by atoms with van der Waals surface area (Å²) in [5.41, 5.74) is 4.21. The van der Waals surface area contributed by atoms with E-state index in [0.717, 1.165) is 35.5 Å². The van der Waals surface area contributed by atoms with Crippen molar-refractivity contribution in [3.63, 3.8) is 0 Å². The Morgan fingerprint density at radius 2 is 1.76 bits per heavy atom. The highest BCUT2D eigenvalue weighted by Gasteiger charge is 2.59. The van der Waals surface area contributed by atoms with Gasteiger partial charge in [-0.05, 0) is 104 Å². The van der Waals surface area contributed by atoms with Crippen molar-refractivity contribution in [1.82, 2.24) is 0 Å². The highest BCUT2D eigenvalue weighted by molar-refractivity contribution is 5.96. The SMILES string of the molecule is C/N=C1/C=C2CC[C@H]3[C@@H]4CC[C@H]([C@H](C)CCCC(C)C)[C@@]4(C)CC[C@@H]3[C@@]2(C)CC1. The Bertz CT molecular complexity index is 657. The molecule has 0 aliphatic heterocycles. The Balaban J connectivity index is 1.49. The molecule has 3 fully saturated rings. The minimum absolute atomic E-state index is 0.472. The summed E-state index contributed by atoms with van der Waals surface area (Å²) in [4.78, 5) is 4.54. The average Bonchev–Trinajstić information content (AvgIpc) is 3.04. The minimum Gasteiger partial charge on any atom is -0.293 e. The molecular formula is C28H47N. The molecule has 0 heterocycles. The van der Waals surface area contributed by atoms with Gasteiger partial charge in [0.25, 0.3) is 0 Å². The van der Waals surface area contributed by atoms with Crippen LogP contribution in [0.2, 0.25) is 0 Å². The van der Waals surface area contributed by atoms with Gasteiger partial charge in [-0.15, -0.1) is 0 Å². The van der Waals surface area contributed by atoms with Crippen LogP contribution in [0.3, 0.4) is 0 Å². The molecule has 4 aliphatic rings. The van der Waals surface area contributed by atoms with E-state index in [9.17, 15) is 0 Å². The van der Waals surface area contributed by atoms with Crippen LogP contribution >= 0.6 is 0 Å². The van der Waals surface area contributed by atoms with Crippen LogP contribution < -0.4 is 0 Å². The van der Waals surface area contributed by atoms with Gasteiger partial charge in [-0.1, -0.05) is 59.5 Å². The van der Waals surface area contributed by atoms with E-state index in [2.05, 4.69) is 45.7 Å². The third-order valence-electron chi connectivity index (χ3n) is 10.5. The van der Waals surface area contributed by atoms with Crippen LogP contribution in [0, 0.1) is 46.3 Å². The van der Waals surface area contributed by atoms with Gasteiger partial charge >= 0.3 is 0 Å². The highest BCUT2D eigenvalue weighted by Crippen LogP contribution is 2.67. The van der Waals surface area contributed by atoms with Crippen LogP contribution in [0.25, 0.3) is 0 Å². The molecule has 29 heavy (non-hydrogen) atoms. The summed E-state index contributed by atoms with van der Waals surface area (Å²) < 4.78 is 0. The molecule has 0 radical (unpaired) electrons. The minimum atomic E-state index is 0.472. The van der Waals surface area contributed by atoms with Crippen molar-refractivity contribution in [2.75, 3.05) is 7.05 Å². The molecule has 0 saturated heterocycles. The fourth-order valence-electron chi connectivity index (χ4n) is 8.77. The monoisotopic (exact) mass is 397 g/mol. The Morgan fingerprint density at radius 3 is 2.48 bits per heavy atom. The number of nitrogens with zero attached hydrogens (tertiary/aromatic N) is 1. The van der Waals surface area contributed by atoms with Crippen molar-refractivity contribution in [2.24, 2.45) is 51.3 Å². The second kappa shape index (κ2) is 8.16. The summed E-state index contributed by atoms with van der Waals surface area (Å²) in [6.45, 7) is 12.7. The average molecular weight is 398 g/mol. The summed E-state index contributed by atoms with van der Waals surface area (Å²) in [7, 11) is 1.98. The molecule has 164 valence electrons. The normalized spacial score (nSPS) is 44.2. The zero-order valence-electron chi connectivity index (χ0n) is 20.3. The molecule has 0 aromatic rings. The van der Waals surface area contributed by atoms with E-state index in [0.29, 0.717) is 10.8 Å². The fraction of sp³-hybridized carbons (Fsp3) is 0.893. The summed E-state index contributed by atoms with van der Waals surface area (Å²) in [6, 6.07) is 0. The molecule has 0 spiro atoms. The molecule has 7 atom stereocenters. The predicted molar refractivity (Wildman–Crippen MR) is 126 cm³/mol. The molecule has 1 nitrogen and oxygen atoms in total. The lowest BCUT2D eigenvalue weighted by Crippen LogP contribution is -2.51. The smallest absolute Gasteiger partial charge is 0.0344 e. The van der Waals surface area contributed by atoms with Gasteiger partial charge in [0.05, 0.1) is 0 Å². The maximum Gasteiger partial charge on any atom is 0.0344 e. The Hall–Kier alpha value is -0.590. The van der Waals surface area contributed by atoms with Crippen LogP contribution in [0.1, 0.15) is 105 Å². The zero-order valence-corrected chi connectivity index (χ0v) is 20.3. The molecule has 0 unspecified atom stereocenters. The molecule has 0 aromatic heterocycles. The summed E-state index contributed by atoms with van der Waals surface area (Å²) in [5, 5.41) is 0. The molecule has 0 bridgehead atoms. The topological polar surface area (TPSA) is 12.4 Å². The van der Waals surface area contributed by atoms with Crippen LogP contribution in [0.15, 0.2) is 16.6 Å². The van der Waals surface area contributed by atoms with E-state index < -0.39 is 0 Å². The van der Waals surface area contributed by atoms with E-state index in [1.165, 1.54) is 76.3 Å². The molecule has 0 N–H and O–H groups in total.